The lowest BCUT2D eigenvalue weighted by molar-refractivity contribution is -0.130. The summed E-state index contributed by atoms with van der Waals surface area (Å²) in [7, 11) is 1.61. The minimum atomic E-state index is -1.24. The Morgan fingerprint density at radius 3 is 2.08 bits per heavy atom. The maximum absolute atomic E-state index is 13.9. The van der Waals surface area contributed by atoms with Crippen molar-refractivity contribution in [2.45, 2.75) is 30.7 Å². The minimum absolute atomic E-state index is 0.230. The van der Waals surface area contributed by atoms with Gasteiger partial charge in [0.25, 0.3) is 5.91 Å². The SMILES string of the molecule is COc1ccc([C@@]2(c3ccccc3)NC(=O)N(CCCN3CCC(c4ccccc4)CC3)C2=O)cc1. The second kappa shape index (κ2) is 10.5. The summed E-state index contributed by atoms with van der Waals surface area (Å²) in [6.07, 6.45) is 3.03. The van der Waals surface area contributed by atoms with Gasteiger partial charge in [-0.15, -0.1) is 0 Å². The predicted octanol–water partition coefficient (Wildman–Crippen LogP) is 4.76. The summed E-state index contributed by atoms with van der Waals surface area (Å²) in [6, 6.07) is 27.2. The molecule has 36 heavy (non-hydrogen) atoms. The van der Waals surface area contributed by atoms with E-state index in [1.807, 2.05) is 54.6 Å². The molecule has 0 unspecified atom stereocenters. The Kier molecular flexibility index (Phi) is 7.05. The first kappa shape index (κ1) is 24.1. The number of nitrogens with one attached hydrogen (secondary N) is 1. The van der Waals surface area contributed by atoms with Crippen LogP contribution in [0, 0.1) is 0 Å². The lowest BCUT2D eigenvalue weighted by Gasteiger charge is -2.32. The Morgan fingerprint density at radius 2 is 1.44 bits per heavy atom. The molecule has 2 aliphatic heterocycles. The quantitative estimate of drug-likeness (QED) is 0.470. The maximum atomic E-state index is 13.9. The highest BCUT2D eigenvalue weighted by molar-refractivity contribution is 6.09. The van der Waals surface area contributed by atoms with Gasteiger partial charge in [-0.3, -0.25) is 9.69 Å². The molecule has 0 spiro atoms. The van der Waals surface area contributed by atoms with Crippen LogP contribution in [0.4, 0.5) is 4.79 Å². The van der Waals surface area contributed by atoms with Gasteiger partial charge in [0.2, 0.25) is 0 Å². The molecule has 6 nitrogen and oxygen atoms in total. The van der Waals surface area contributed by atoms with Gasteiger partial charge in [-0.1, -0.05) is 72.8 Å². The Balaban J connectivity index is 1.25. The van der Waals surface area contributed by atoms with Crippen LogP contribution in [0.25, 0.3) is 0 Å². The Morgan fingerprint density at radius 1 is 0.833 bits per heavy atom. The van der Waals surface area contributed by atoms with Gasteiger partial charge < -0.3 is 15.0 Å². The van der Waals surface area contributed by atoms with Crippen molar-refractivity contribution in [1.29, 1.82) is 0 Å². The first-order valence-corrected chi connectivity index (χ1v) is 12.7. The number of carbonyl (C=O) groups is 2. The van der Waals surface area contributed by atoms with Crippen LogP contribution in [-0.4, -0.2) is 55.0 Å². The number of likely N-dealkylation sites (tertiary alicyclic amines) is 1. The summed E-state index contributed by atoms with van der Waals surface area (Å²) in [4.78, 5) is 30.8. The summed E-state index contributed by atoms with van der Waals surface area (Å²) in [5.74, 6) is 1.09. The zero-order valence-corrected chi connectivity index (χ0v) is 20.7. The number of hydrogen-bond donors (Lipinski definition) is 1. The van der Waals surface area contributed by atoms with Crippen molar-refractivity contribution in [2.75, 3.05) is 33.3 Å². The van der Waals surface area contributed by atoms with Gasteiger partial charge in [0.1, 0.15) is 5.75 Å². The number of benzene rings is 3. The van der Waals surface area contributed by atoms with Crippen molar-refractivity contribution in [3.8, 4) is 5.75 Å². The highest BCUT2D eigenvalue weighted by Gasteiger charge is 2.53. The van der Waals surface area contributed by atoms with Crippen molar-refractivity contribution in [3.63, 3.8) is 0 Å². The van der Waals surface area contributed by atoms with Crippen molar-refractivity contribution in [2.24, 2.45) is 0 Å². The fraction of sp³-hybridized carbons (Fsp3) is 0.333. The molecule has 0 saturated carbocycles. The summed E-state index contributed by atoms with van der Waals surface area (Å²) in [6.45, 7) is 3.35. The third-order valence-electron chi connectivity index (χ3n) is 7.55. The van der Waals surface area contributed by atoms with Gasteiger partial charge in [-0.25, -0.2) is 4.79 Å². The smallest absolute Gasteiger partial charge is 0.325 e. The van der Waals surface area contributed by atoms with Crippen LogP contribution < -0.4 is 10.1 Å². The van der Waals surface area contributed by atoms with Crippen LogP contribution >= 0.6 is 0 Å². The number of amides is 3. The summed E-state index contributed by atoms with van der Waals surface area (Å²) in [5.41, 5.74) is 1.66. The average Bonchev–Trinajstić information content (AvgIpc) is 3.20. The molecule has 2 fully saturated rings. The minimum Gasteiger partial charge on any atom is -0.497 e. The van der Waals surface area contributed by atoms with Gasteiger partial charge in [0, 0.05) is 6.54 Å². The van der Waals surface area contributed by atoms with Crippen molar-refractivity contribution in [3.05, 3.63) is 102 Å². The molecule has 0 aromatic heterocycles. The van der Waals surface area contributed by atoms with E-state index in [1.54, 1.807) is 7.11 Å². The number of methoxy groups -OCH3 is 1. The standard InChI is InChI=1S/C30H33N3O3/c1-36-27-15-13-26(14-16-27)30(25-11-6-3-7-12-25)28(34)33(29(35)31-30)20-8-19-32-21-17-24(18-22-32)23-9-4-2-5-10-23/h2-7,9-16,24H,8,17-22H2,1H3,(H,31,35)/t30-/m1/s1. The predicted molar refractivity (Wildman–Crippen MR) is 140 cm³/mol. The second-order valence-corrected chi connectivity index (χ2v) is 9.61. The zero-order chi connectivity index (χ0) is 25.0. The number of imide groups is 1. The first-order valence-electron chi connectivity index (χ1n) is 12.7. The van der Waals surface area contributed by atoms with Gasteiger partial charge in [0.05, 0.1) is 7.11 Å². The molecule has 186 valence electrons. The summed E-state index contributed by atoms with van der Waals surface area (Å²) < 4.78 is 5.29. The summed E-state index contributed by atoms with van der Waals surface area (Å²) in [5, 5.41) is 3.03. The highest BCUT2D eigenvalue weighted by atomic mass is 16.5. The number of nitrogens with zero attached hydrogens (tertiary/aromatic N) is 2. The molecule has 3 aromatic rings. The van der Waals surface area contributed by atoms with E-state index in [-0.39, 0.29) is 11.9 Å². The lowest BCUT2D eigenvalue weighted by atomic mass is 9.82. The fourth-order valence-corrected chi connectivity index (χ4v) is 5.53. The topological polar surface area (TPSA) is 61.9 Å². The number of urea groups is 1. The number of carbonyl (C=O) groups excluding carboxylic acids is 2. The molecule has 0 radical (unpaired) electrons. The van der Waals surface area contributed by atoms with Gasteiger partial charge in [-0.05, 0) is 73.6 Å². The van der Waals surface area contributed by atoms with E-state index < -0.39 is 5.54 Å². The monoisotopic (exact) mass is 483 g/mol. The molecule has 1 N–H and O–H groups in total. The zero-order valence-electron chi connectivity index (χ0n) is 20.7. The van der Waals surface area contributed by atoms with E-state index >= 15 is 0 Å². The van der Waals surface area contributed by atoms with E-state index in [1.165, 1.54) is 10.5 Å². The number of piperidine rings is 1. The Bertz CT molecular complexity index is 1180. The first-order chi connectivity index (χ1) is 17.6. The number of rotatable bonds is 8. The summed E-state index contributed by atoms with van der Waals surface area (Å²) >= 11 is 0. The van der Waals surface area contributed by atoms with Crippen LogP contribution in [0.1, 0.15) is 41.9 Å². The Hall–Kier alpha value is -3.64. The molecule has 3 aromatic carbocycles. The van der Waals surface area contributed by atoms with Crippen molar-refractivity contribution in [1.82, 2.24) is 15.1 Å². The third-order valence-corrected chi connectivity index (χ3v) is 7.55. The van der Waals surface area contributed by atoms with Crippen LogP contribution in [0.5, 0.6) is 5.75 Å². The molecular weight excluding hydrogens is 450 g/mol. The van der Waals surface area contributed by atoms with Crippen LogP contribution in [0.15, 0.2) is 84.9 Å². The second-order valence-electron chi connectivity index (χ2n) is 9.61. The van der Waals surface area contributed by atoms with Crippen molar-refractivity contribution >= 4 is 11.9 Å². The molecule has 0 aliphatic carbocycles. The van der Waals surface area contributed by atoms with Gasteiger partial charge in [0.15, 0.2) is 5.54 Å². The molecule has 6 heteroatoms. The fourth-order valence-electron chi connectivity index (χ4n) is 5.53. The van der Waals surface area contributed by atoms with E-state index in [9.17, 15) is 9.59 Å². The van der Waals surface area contributed by atoms with E-state index in [0.29, 0.717) is 18.2 Å². The van der Waals surface area contributed by atoms with Crippen LogP contribution in [0.2, 0.25) is 0 Å². The molecule has 0 bridgehead atoms. The number of hydrogen-bond acceptors (Lipinski definition) is 4. The average molecular weight is 484 g/mol. The maximum Gasteiger partial charge on any atom is 0.325 e. The molecular formula is C30H33N3O3. The molecule has 2 saturated heterocycles. The molecule has 5 rings (SSSR count). The highest BCUT2D eigenvalue weighted by Crippen LogP contribution is 2.37. The molecule has 3 amide bonds. The number of ether oxygens (including phenoxy) is 1. The van der Waals surface area contributed by atoms with E-state index in [0.717, 1.165) is 50.0 Å². The Labute approximate surface area is 212 Å². The lowest BCUT2D eigenvalue weighted by Crippen LogP contribution is -2.45. The normalized spacial score (nSPS) is 21.0. The van der Waals surface area contributed by atoms with E-state index in [4.69, 9.17) is 4.74 Å². The van der Waals surface area contributed by atoms with Gasteiger partial charge >= 0.3 is 6.03 Å². The van der Waals surface area contributed by atoms with Crippen molar-refractivity contribution < 1.29 is 14.3 Å². The molecule has 2 aliphatic rings. The largest absolute Gasteiger partial charge is 0.497 e. The van der Waals surface area contributed by atoms with Gasteiger partial charge in [-0.2, -0.15) is 0 Å². The van der Waals surface area contributed by atoms with E-state index in [2.05, 4.69) is 40.5 Å². The molecule has 1 atom stereocenters. The van der Waals surface area contributed by atoms with Crippen LogP contribution in [-0.2, 0) is 10.3 Å². The third kappa shape index (κ3) is 4.61. The molecule has 2 heterocycles. The van der Waals surface area contributed by atoms with Crippen LogP contribution in [0.3, 0.4) is 0 Å².